The minimum atomic E-state index is -0.917. The second-order valence-corrected chi connectivity index (χ2v) is 8.94. The quantitative estimate of drug-likeness (QED) is 0.332. The van der Waals surface area contributed by atoms with Gasteiger partial charge in [-0.2, -0.15) is 0 Å². The van der Waals surface area contributed by atoms with E-state index < -0.39 is 17.7 Å². The van der Waals surface area contributed by atoms with Crippen LogP contribution in [0.25, 0.3) is 10.9 Å². The number of para-hydroxylation sites is 1. The molecule has 0 bridgehead atoms. The van der Waals surface area contributed by atoms with Crippen LogP contribution in [0.1, 0.15) is 32.7 Å². The van der Waals surface area contributed by atoms with Crippen molar-refractivity contribution in [3.8, 4) is 0 Å². The molecular weight excluding hydrogens is 464 g/mol. The van der Waals surface area contributed by atoms with E-state index in [2.05, 4.69) is 16.1 Å². The Labute approximate surface area is 208 Å². The summed E-state index contributed by atoms with van der Waals surface area (Å²) >= 11 is 6.14. The molecule has 4 rings (SSSR count). The molecule has 178 valence electrons. The molecule has 3 aromatic carbocycles. The van der Waals surface area contributed by atoms with Gasteiger partial charge >= 0.3 is 11.8 Å². The highest BCUT2D eigenvalue weighted by atomic mass is 35.5. The normalized spacial score (nSPS) is 10.8. The number of hydrogen-bond acceptors (Lipinski definition) is 3. The first kappa shape index (κ1) is 24.0. The summed E-state index contributed by atoms with van der Waals surface area (Å²) < 4.78 is 1.31. The number of aryl methyl sites for hydroxylation is 4. The molecule has 0 aliphatic heterocycles. The molecule has 0 aliphatic rings. The van der Waals surface area contributed by atoms with E-state index in [4.69, 9.17) is 11.6 Å². The average molecular weight is 489 g/mol. The molecule has 7 nitrogen and oxygen atoms in total. The number of benzene rings is 3. The minimum absolute atomic E-state index is 0.151. The van der Waals surface area contributed by atoms with Crippen LogP contribution in [0.5, 0.6) is 0 Å². The van der Waals surface area contributed by atoms with Crippen molar-refractivity contribution in [2.75, 3.05) is 16.1 Å². The van der Waals surface area contributed by atoms with Gasteiger partial charge in [-0.3, -0.25) is 19.8 Å². The third-order valence-corrected chi connectivity index (χ3v) is 6.01. The minimum Gasteiger partial charge on any atom is -0.320 e. The Morgan fingerprint density at radius 2 is 1.49 bits per heavy atom. The molecule has 8 heteroatoms. The number of aromatic nitrogens is 1. The molecule has 0 aliphatic carbocycles. The molecule has 4 aromatic rings. The second-order valence-electron chi connectivity index (χ2n) is 8.50. The van der Waals surface area contributed by atoms with Crippen molar-refractivity contribution >= 4 is 51.6 Å². The molecule has 0 atom stereocenters. The Morgan fingerprint density at radius 1 is 0.771 bits per heavy atom. The molecule has 0 fully saturated rings. The van der Waals surface area contributed by atoms with Gasteiger partial charge in [0.25, 0.3) is 5.91 Å². The van der Waals surface area contributed by atoms with Gasteiger partial charge in [0.2, 0.25) is 0 Å². The Kier molecular flexibility index (Phi) is 6.62. The summed E-state index contributed by atoms with van der Waals surface area (Å²) in [6.45, 7) is 7.54. The van der Waals surface area contributed by atoms with Crippen molar-refractivity contribution in [2.45, 2.75) is 27.7 Å². The Balaban J connectivity index is 1.66. The van der Waals surface area contributed by atoms with Crippen molar-refractivity contribution in [1.82, 2.24) is 4.68 Å². The number of carbonyl (C=O) groups is 3. The number of rotatable bonds is 4. The summed E-state index contributed by atoms with van der Waals surface area (Å²) in [5.41, 5.74) is 8.05. The van der Waals surface area contributed by atoms with Crippen LogP contribution in [0, 0.1) is 27.7 Å². The zero-order chi connectivity index (χ0) is 25.3. The molecule has 3 N–H and O–H groups in total. The summed E-state index contributed by atoms with van der Waals surface area (Å²) in [4.78, 5) is 38.9. The zero-order valence-corrected chi connectivity index (χ0v) is 20.6. The largest absolute Gasteiger partial charge is 0.328 e. The lowest BCUT2D eigenvalue weighted by Gasteiger charge is -2.15. The first-order valence-corrected chi connectivity index (χ1v) is 11.4. The summed E-state index contributed by atoms with van der Waals surface area (Å²) in [5, 5.41) is 6.68. The number of nitrogens with zero attached hydrogens (tertiary/aromatic N) is 1. The topological polar surface area (TPSA) is 92.2 Å². The van der Waals surface area contributed by atoms with E-state index in [-0.39, 0.29) is 5.69 Å². The Hall–Kier alpha value is -4.10. The van der Waals surface area contributed by atoms with Gasteiger partial charge in [-0.05, 0) is 80.3 Å². The lowest BCUT2D eigenvalue weighted by Crippen LogP contribution is -2.36. The van der Waals surface area contributed by atoms with Crippen LogP contribution in [0.4, 0.5) is 11.4 Å². The highest BCUT2D eigenvalue weighted by Gasteiger charge is 2.22. The molecule has 1 heterocycles. The standard InChI is InChI=1S/C27H25ClN4O3/c1-15-8-9-16(2)21(12-15)29-26(34)27(35)31-32-22-11-10-20(28)13-19(22)14-23(32)25(33)30-24-17(3)6-5-7-18(24)4/h5-14H,1-4H3,(H,29,34)(H,30,33)(H,31,35). The van der Waals surface area contributed by atoms with Gasteiger partial charge < -0.3 is 10.6 Å². The van der Waals surface area contributed by atoms with Gasteiger partial charge in [0.15, 0.2) is 0 Å². The molecule has 3 amide bonds. The van der Waals surface area contributed by atoms with E-state index in [1.165, 1.54) is 4.68 Å². The van der Waals surface area contributed by atoms with Crippen LogP contribution < -0.4 is 16.1 Å². The highest BCUT2D eigenvalue weighted by Crippen LogP contribution is 2.25. The van der Waals surface area contributed by atoms with Gasteiger partial charge in [0.1, 0.15) is 5.69 Å². The SMILES string of the molecule is Cc1ccc(C)c(NC(=O)C(=O)Nn2c(C(=O)Nc3c(C)cccc3C)cc3cc(Cl)ccc32)c1. The maximum atomic E-state index is 13.3. The smallest absolute Gasteiger partial charge is 0.320 e. The van der Waals surface area contributed by atoms with Crippen LogP contribution >= 0.6 is 11.6 Å². The second kappa shape index (κ2) is 9.64. The van der Waals surface area contributed by atoms with Crippen LogP contribution in [-0.2, 0) is 9.59 Å². The average Bonchev–Trinajstić information content (AvgIpc) is 3.16. The number of amides is 3. The van der Waals surface area contributed by atoms with Crippen molar-refractivity contribution in [1.29, 1.82) is 0 Å². The fourth-order valence-corrected chi connectivity index (χ4v) is 4.05. The van der Waals surface area contributed by atoms with Gasteiger partial charge in [0, 0.05) is 21.8 Å². The summed E-state index contributed by atoms with van der Waals surface area (Å²) in [7, 11) is 0. The maximum absolute atomic E-state index is 13.3. The van der Waals surface area contributed by atoms with Gasteiger partial charge in [-0.1, -0.05) is 41.9 Å². The molecule has 1 aromatic heterocycles. The van der Waals surface area contributed by atoms with E-state index in [9.17, 15) is 14.4 Å². The predicted molar refractivity (Wildman–Crippen MR) is 140 cm³/mol. The lowest BCUT2D eigenvalue weighted by atomic mass is 10.1. The van der Waals surface area contributed by atoms with Gasteiger partial charge in [-0.25, -0.2) is 4.68 Å². The van der Waals surface area contributed by atoms with Crippen molar-refractivity contribution in [2.24, 2.45) is 0 Å². The highest BCUT2D eigenvalue weighted by molar-refractivity contribution is 6.42. The summed E-state index contributed by atoms with van der Waals surface area (Å²) in [6, 6.07) is 17.9. The molecule has 0 unspecified atom stereocenters. The maximum Gasteiger partial charge on any atom is 0.328 e. The number of halogens is 1. The van der Waals surface area contributed by atoms with Crippen LogP contribution in [0.2, 0.25) is 5.02 Å². The fourth-order valence-electron chi connectivity index (χ4n) is 3.86. The van der Waals surface area contributed by atoms with Gasteiger partial charge in [-0.15, -0.1) is 0 Å². The van der Waals surface area contributed by atoms with E-state index in [0.29, 0.717) is 27.3 Å². The van der Waals surface area contributed by atoms with Crippen molar-refractivity contribution in [3.63, 3.8) is 0 Å². The van der Waals surface area contributed by atoms with Gasteiger partial charge in [0.05, 0.1) is 5.52 Å². The lowest BCUT2D eigenvalue weighted by molar-refractivity contribution is -0.133. The van der Waals surface area contributed by atoms with Crippen LogP contribution in [-0.4, -0.2) is 22.4 Å². The molecule has 0 spiro atoms. The molecule has 0 saturated heterocycles. The Bertz CT molecular complexity index is 1470. The van der Waals surface area contributed by atoms with E-state index in [1.807, 2.05) is 58.0 Å². The predicted octanol–water partition coefficient (Wildman–Crippen LogP) is 5.49. The van der Waals surface area contributed by atoms with E-state index >= 15 is 0 Å². The van der Waals surface area contributed by atoms with Crippen molar-refractivity contribution < 1.29 is 14.4 Å². The molecule has 0 radical (unpaired) electrons. The van der Waals surface area contributed by atoms with Crippen LogP contribution in [0.15, 0.2) is 60.7 Å². The molecule has 0 saturated carbocycles. The first-order chi connectivity index (χ1) is 16.6. The molecule has 35 heavy (non-hydrogen) atoms. The fraction of sp³-hybridized carbons (Fsp3) is 0.148. The number of hydrogen-bond donors (Lipinski definition) is 3. The third kappa shape index (κ3) is 5.05. The number of fused-ring (bicyclic) bond motifs is 1. The monoisotopic (exact) mass is 488 g/mol. The number of anilines is 2. The first-order valence-electron chi connectivity index (χ1n) is 11.0. The number of nitrogens with one attached hydrogen (secondary N) is 3. The van der Waals surface area contributed by atoms with Crippen LogP contribution in [0.3, 0.4) is 0 Å². The van der Waals surface area contributed by atoms with Crippen molar-refractivity contribution in [3.05, 3.63) is 93.6 Å². The zero-order valence-electron chi connectivity index (χ0n) is 19.8. The van der Waals surface area contributed by atoms with E-state index in [0.717, 1.165) is 22.3 Å². The Morgan fingerprint density at radius 3 is 2.20 bits per heavy atom. The summed E-state index contributed by atoms with van der Waals surface area (Å²) in [6.07, 6.45) is 0. The summed E-state index contributed by atoms with van der Waals surface area (Å²) in [5.74, 6) is -2.21. The third-order valence-electron chi connectivity index (χ3n) is 5.78. The number of carbonyl (C=O) groups excluding carboxylic acids is 3. The molecular formula is C27H25ClN4O3. The van der Waals surface area contributed by atoms with E-state index in [1.54, 1.807) is 30.3 Å².